The molecule has 2 rings (SSSR count). The van der Waals surface area contributed by atoms with E-state index in [-0.39, 0.29) is 16.0 Å². The molecule has 0 saturated heterocycles. The maximum atomic E-state index is 13.8. The van der Waals surface area contributed by atoms with Crippen molar-refractivity contribution in [2.75, 3.05) is 0 Å². The Labute approximate surface area is 110 Å². The minimum atomic E-state index is -0.369. The van der Waals surface area contributed by atoms with Gasteiger partial charge in [-0.3, -0.25) is 0 Å². The lowest BCUT2D eigenvalue weighted by Gasteiger charge is -2.07. The molecule has 5 heteroatoms. The second-order valence-electron chi connectivity index (χ2n) is 3.06. The summed E-state index contributed by atoms with van der Waals surface area (Å²) in [6.45, 7) is 0. The van der Waals surface area contributed by atoms with E-state index in [1.54, 1.807) is 24.3 Å². The lowest BCUT2D eigenvalue weighted by molar-refractivity contribution is 0.624. The van der Waals surface area contributed by atoms with Gasteiger partial charge in [-0.05, 0) is 28.1 Å². The maximum Gasteiger partial charge on any atom is 0.148 e. The van der Waals surface area contributed by atoms with Gasteiger partial charge in [0.15, 0.2) is 0 Å². The van der Waals surface area contributed by atoms with Crippen LogP contribution < -0.4 is 0 Å². The number of nitrogens with zero attached hydrogens (tertiary/aromatic N) is 1. The van der Waals surface area contributed by atoms with E-state index in [9.17, 15) is 4.39 Å². The van der Waals surface area contributed by atoms with E-state index in [1.807, 2.05) is 0 Å². The fraction of sp³-hybridized carbons (Fsp3) is 0. The number of benzene rings is 1. The molecule has 0 spiro atoms. The standard InChI is InChI=1S/C11H5BrCl2FN/c12-8-3-1-2-7(10(8)15)6-4-5-16-11(14)9(6)13/h1-5H. The van der Waals surface area contributed by atoms with E-state index in [0.717, 1.165) is 0 Å². The predicted octanol–water partition coefficient (Wildman–Crippen LogP) is 4.96. The van der Waals surface area contributed by atoms with Gasteiger partial charge in [0.05, 0.1) is 9.50 Å². The first kappa shape index (κ1) is 11.8. The fourth-order valence-electron chi connectivity index (χ4n) is 1.34. The number of hydrogen-bond donors (Lipinski definition) is 0. The number of rotatable bonds is 1. The lowest BCUT2D eigenvalue weighted by Crippen LogP contribution is -1.88. The van der Waals surface area contributed by atoms with Crippen molar-refractivity contribution in [3.8, 4) is 11.1 Å². The second-order valence-corrected chi connectivity index (χ2v) is 4.65. The van der Waals surface area contributed by atoms with E-state index in [0.29, 0.717) is 15.6 Å². The Morgan fingerprint density at radius 2 is 1.88 bits per heavy atom. The molecule has 0 aliphatic rings. The van der Waals surface area contributed by atoms with E-state index in [4.69, 9.17) is 23.2 Å². The maximum absolute atomic E-state index is 13.8. The molecule has 0 aliphatic carbocycles. The monoisotopic (exact) mass is 319 g/mol. The number of hydrogen-bond acceptors (Lipinski definition) is 1. The van der Waals surface area contributed by atoms with Crippen LogP contribution in [-0.2, 0) is 0 Å². The minimum absolute atomic E-state index is 0.165. The van der Waals surface area contributed by atoms with E-state index in [2.05, 4.69) is 20.9 Å². The zero-order valence-corrected chi connectivity index (χ0v) is 10.9. The number of halogens is 4. The molecule has 0 bridgehead atoms. The summed E-state index contributed by atoms with van der Waals surface area (Å²) in [5.74, 6) is -0.369. The van der Waals surface area contributed by atoms with Gasteiger partial charge in [-0.25, -0.2) is 9.37 Å². The van der Waals surface area contributed by atoms with E-state index in [1.165, 1.54) is 6.20 Å². The highest BCUT2D eigenvalue weighted by Gasteiger charge is 2.13. The molecule has 16 heavy (non-hydrogen) atoms. The Balaban J connectivity index is 2.68. The summed E-state index contributed by atoms with van der Waals surface area (Å²) in [6, 6.07) is 6.61. The van der Waals surface area contributed by atoms with Crippen LogP contribution in [0.4, 0.5) is 4.39 Å². The quantitative estimate of drug-likeness (QED) is 0.677. The summed E-state index contributed by atoms with van der Waals surface area (Å²) >= 11 is 14.9. The molecule has 1 aromatic carbocycles. The molecule has 0 radical (unpaired) electrons. The topological polar surface area (TPSA) is 12.9 Å². The van der Waals surface area contributed by atoms with Crippen LogP contribution in [0, 0.1) is 5.82 Å². The number of pyridine rings is 1. The van der Waals surface area contributed by atoms with Gasteiger partial charge < -0.3 is 0 Å². The molecule has 0 unspecified atom stereocenters. The SMILES string of the molecule is Fc1c(Br)cccc1-c1ccnc(Cl)c1Cl. The first-order valence-electron chi connectivity index (χ1n) is 4.35. The van der Waals surface area contributed by atoms with Gasteiger partial charge in [0.25, 0.3) is 0 Å². The van der Waals surface area contributed by atoms with Crippen LogP contribution in [0.3, 0.4) is 0 Å². The molecule has 0 aliphatic heterocycles. The third-order valence-electron chi connectivity index (χ3n) is 2.09. The third kappa shape index (κ3) is 2.08. The van der Waals surface area contributed by atoms with Crippen molar-refractivity contribution in [2.45, 2.75) is 0 Å². The van der Waals surface area contributed by atoms with Crippen molar-refractivity contribution in [3.63, 3.8) is 0 Å². The fourth-order valence-corrected chi connectivity index (χ4v) is 2.08. The van der Waals surface area contributed by atoms with Crippen molar-refractivity contribution in [1.29, 1.82) is 0 Å². The molecule has 2 aromatic rings. The van der Waals surface area contributed by atoms with E-state index >= 15 is 0 Å². The third-order valence-corrected chi connectivity index (χ3v) is 3.47. The van der Waals surface area contributed by atoms with E-state index < -0.39 is 0 Å². The summed E-state index contributed by atoms with van der Waals surface area (Å²) in [6.07, 6.45) is 1.49. The summed E-state index contributed by atoms with van der Waals surface area (Å²) in [7, 11) is 0. The van der Waals surface area contributed by atoms with Gasteiger partial charge in [-0.15, -0.1) is 0 Å². The number of aromatic nitrogens is 1. The van der Waals surface area contributed by atoms with Crippen LogP contribution in [0.15, 0.2) is 34.9 Å². The molecule has 0 atom stereocenters. The van der Waals surface area contributed by atoms with Gasteiger partial charge in [0.1, 0.15) is 11.0 Å². The van der Waals surface area contributed by atoms with Crippen LogP contribution in [-0.4, -0.2) is 4.98 Å². The van der Waals surface area contributed by atoms with Crippen LogP contribution >= 0.6 is 39.1 Å². The zero-order valence-electron chi connectivity index (χ0n) is 7.85. The second kappa shape index (κ2) is 4.70. The van der Waals surface area contributed by atoms with Crippen molar-refractivity contribution in [1.82, 2.24) is 4.98 Å². The molecule has 1 nitrogen and oxygen atoms in total. The molecular formula is C11H5BrCl2FN. The smallest absolute Gasteiger partial charge is 0.148 e. The highest BCUT2D eigenvalue weighted by Crippen LogP contribution is 2.35. The summed E-state index contributed by atoms with van der Waals surface area (Å²) in [5, 5.41) is 0.416. The molecule has 0 N–H and O–H groups in total. The first-order chi connectivity index (χ1) is 7.61. The van der Waals surface area contributed by atoms with Crippen LogP contribution in [0.2, 0.25) is 10.2 Å². The summed E-state index contributed by atoms with van der Waals surface area (Å²) < 4.78 is 14.2. The van der Waals surface area contributed by atoms with Crippen molar-refractivity contribution in [3.05, 3.63) is 50.9 Å². The van der Waals surface area contributed by atoms with Crippen LogP contribution in [0.5, 0.6) is 0 Å². The highest BCUT2D eigenvalue weighted by atomic mass is 79.9. The minimum Gasteiger partial charge on any atom is -0.243 e. The summed E-state index contributed by atoms with van der Waals surface area (Å²) in [5.41, 5.74) is 0.921. The average molecular weight is 321 g/mol. The molecular weight excluding hydrogens is 316 g/mol. The average Bonchev–Trinajstić information content (AvgIpc) is 2.27. The largest absolute Gasteiger partial charge is 0.243 e. The van der Waals surface area contributed by atoms with Crippen LogP contribution in [0.1, 0.15) is 0 Å². The van der Waals surface area contributed by atoms with Gasteiger partial charge >= 0.3 is 0 Å². The van der Waals surface area contributed by atoms with Gasteiger partial charge in [-0.2, -0.15) is 0 Å². The van der Waals surface area contributed by atoms with Crippen molar-refractivity contribution >= 4 is 39.1 Å². The van der Waals surface area contributed by atoms with Gasteiger partial charge in [0.2, 0.25) is 0 Å². The lowest BCUT2D eigenvalue weighted by atomic mass is 10.1. The Morgan fingerprint density at radius 3 is 2.62 bits per heavy atom. The Kier molecular flexibility index (Phi) is 3.47. The van der Waals surface area contributed by atoms with Crippen molar-refractivity contribution < 1.29 is 4.39 Å². The molecule has 0 saturated carbocycles. The molecule has 1 aromatic heterocycles. The van der Waals surface area contributed by atoms with Crippen LogP contribution in [0.25, 0.3) is 11.1 Å². The van der Waals surface area contributed by atoms with Crippen molar-refractivity contribution in [2.24, 2.45) is 0 Å². The zero-order chi connectivity index (χ0) is 11.7. The van der Waals surface area contributed by atoms with Gasteiger partial charge in [0, 0.05) is 17.3 Å². The Morgan fingerprint density at radius 1 is 1.12 bits per heavy atom. The van der Waals surface area contributed by atoms with Gasteiger partial charge in [-0.1, -0.05) is 35.3 Å². The molecule has 1 heterocycles. The molecule has 0 fully saturated rings. The predicted molar refractivity (Wildman–Crippen MR) is 67.4 cm³/mol. The normalized spacial score (nSPS) is 10.5. The highest BCUT2D eigenvalue weighted by molar-refractivity contribution is 9.10. The Hall–Kier alpha value is -0.640. The molecule has 0 amide bonds. The Bertz CT molecular complexity index is 496. The first-order valence-corrected chi connectivity index (χ1v) is 5.90. The summed E-state index contributed by atoms with van der Waals surface area (Å²) in [4.78, 5) is 3.82. The molecule has 82 valence electrons.